The van der Waals surface area contributed by atoms with Crippen LogP contribution < -0.4 is 0 Å². The van der Waals surface area contributed by atoms with Crippen LogP contribution in [0.25, 0.3) is 0 Å². The minimum atomic E-state index is 0.423. The van der Waals surface area contributed by atoms with Crippen molar-refractivity contribution in [2.45, 2.75) is 32.6 Å². The van der Waals surface area contributed by atoms with Crippen molar-refractivity contribution in [2.24, 2.45) is 5.92 Å². The number of rotatable bonds is 8. The molecule has 0 heterocycles. The second-order valence-electron chi connectivity index (χ2n) is 3.30. The first-order valence-corrected chi connectivity index (χ1v) is 4.83. The molecule has 0 N–H and O–H groups in total. The number of nitrogens with zero attached hydrogens (tertiary/aromatic N) is 2. The molecule has 4 heteroatoms. The second kappa shape index (κ2) is 9.67. The molecule has 0 aliphatic carbocycles. The molecule has 0 amide bonds. The number of unbranched alkanes of at least 4 members (excludes halogenated alkanes) is 2. The third-order valence-corrected chi connectivity index (χ3v) is 1.94. The van der Waals surface area contributed by atoms with Gasteiger partial charge in [0.1, 0.15) is 13.2 Å². The molecule has 0 radical (unpaired) electrons. The van der Waals surface area contributed by atoms with E-state index in [0.29, 0.717) is 19.1 Å². The van der Waals surface area contributed by atoms with E-state index in [9.17, 15) is 0 Å². The molecule has 0 fully saturated rings. The van der Waals surface area contributed by atoms with E-state index in [1.165, 1.54) is 0 Å². The second-order valence-corrected chi connectivity index (χ2v) is 3.30. The molecule has 0 aliphatic rings. The SMILES string of the molecule is CC(CCCCCOC#N)COC#N. The lowest BCUT2D eigenvalue weighted by atomic mass is 10.0. The Labute approximate surface area is 85.0 Å². The predicted molar refractivity (Wildman–Crippen MR) is 50.8 cm³/mol. The van der Waals surface area contributed by atoms with Crippen LogP contribution >= 0.6 is 0 Å². The highest BCUT2D eigenvalue weighted by atomic mass is 16.5. The van der Waals surface area contributed by atoms with E-state index >= 15 is 0 Å². The normalized spacial score (nSPS) is 11.1. The quantitative estimate of drug-likeness (QED) is 0.441. The van der Waals surface area contributed by atoms with Gasteiger partial charge in [-0.2, -0.15) is 10.5 Å². The van der Waals surface area contributed by atoms with E-state index in [4.69, 9.17) is 10.5 Å². The maximum atomic E-state index is 8.16. The highest BCUT2D eigenvalue weighted by Crippen LogP contribution is 2.09. The summed E-state index contributed by atoms with van der Waals surface area (Å²) in [5.74, 6) is 0.423. The summed E-state index contributed by atoms with van der Waals surface area (Å²) in [5.41, 5.74) is 0. The molecular formula is C10H16N2O2. The van der Waals surface area contributed by atoms with Crippen molar-refractivity contribution >= 4 is 0 Å². The Kier molecular flexibility index (Phi) is 8.69. The highest BCUT2D eigenvalue weighted by Gasteiger charge is 2.01. The van der Waals surface area contributed by atoms with Gasteiger partial charge in [-0.25, -0.2) is 0 Å². The van der Waals surface area contributed by atoms with Crippen LogP contribution in [-0.4, -0.2) is 13.2 Å². The summed E-state index contributed by atoms with van der Waals surface area (Å²) in [6, 6.07) is 0. The first-order valence-electron chi connectivity index (χ1n) is 4.83. The van der Waals surface area contributed by atoms with Crippen molar-refractivity contribution in [2.75, 3.05) is 13.2 Å². The molecule has 1 unspecified atom stereocenters. The lowest BCUT2D eigenvalue weighted by molar-refractivity contribution is 0.209. The molecule has 0 saturated carbocycles. The molecule has 0 aliphatic heterocycles. The Morgan fingerprint density at radius 2 is 1.79 bits per heavy atom. The number of hydrogen-bond acceptors (Lipinski definition) is 4. The average molecular weight is 196 g/mol. The van der Waals surface area contributed by atoms with Crippen molar-refractivity contribution in [1.29, 1.82) is 10.5 Å². The van der Waals surface area contributed by atoms with Gasteiger partial charge in [-0.05, 0) is 18.8 Å². The molecule has 78 valence electrons. The molecule has 0 spiro atoms. The van der Waals surface area contributed by atoms with Crippen LogP contribution in [0.1, 0.15) is 32.6 Å². The molecule has 1 atom stereocenters. The lowest BCUT2D eigenvalue weighted by Gasteiger charge is -2.07. The third kappa shape index (κ3) is 8.67. The minimum absolute atomic E-state index is 0.423. The van der Waals surface area contributed by atoms with Crippen LogP contribution in [0.15, 0.2) is 0 Å². The maximum absolute atomic E-state index is 8.16. The molecular weight excluding hydrogens is 180 g/mol. The first kappa shape index (κ1) is 12.6. The topological polar surface area (TPSA) is 66.0 Å². The van der Waals surface area contributed by atoms with Crippen LogP contribution in [0.5, 0.6) is 0 Å². The van der Waals surface area contributed by atoms with Gasteiger partial charge in [0, 0.05) is 0 Å². The van der Waals surface area contributed by atoms with Crippen molar-refractivity contribution in [3.05, 3.63) is 0 Å². The van der Waals surface area contributed by atoms with Crippen molar-refractivity contribution in [3.8, 4) is 12.5 Å². The highest BCUT2D eigenvalue weighted by molar-refractivity contribution is 4.56. The van der Waals surface area contributed by atoms with Gasteiger partial charge in [-0.3, -0.25) is 0 Å². The Hall–Kier alpha value is -1.42. The fourth-order valence-corrected chi connectivity index (χ4v) is 1.15. The summed E-state index contributed by atoms with van der Waals surface area (Å²) in [6.07, 6.45) is 7.41. The first-order chi connectivity index (χ1) is 6.81. The fourth-order valence-electron chi connectivity index (χ4n) is 1.15. The van der Waals surface area contributed by atoms with E-state index in [1.54, 1.807) is 12.5 Å². The van der Waals surface area contributed by atoms with Gasteiger partial charge in [0.2, 0.25) is 0 Å². The third-order valence-electron chi connectivity index (χ3n) is 1.94. The zero-order valence-electron chi connectivity index (χ0n) is 8.53. The Balaban J connectivity index is 3.12. The molecule has 4 nitrogen and oxygen atoms in total. The zero-order chi connectivity index (χ0) is 10.6. The summed E-state index contributed by atoms with van der Waals surface area (Å²) in [5, 5.41) is 16.3. The van der Waals surface area contributed by atoms with E-state index in [1.807, 2.05) is 0 Å². The van der Waals surface area contributed by atoms with Gasteiger partial charge in [0.25, 0.3) is 12.5 Å². The Morgan fingerprint density at radius 3 is 2.43 bits per heavy atom. The summed E-state index contributed by atoms with van der Waals surface area (Å²) in [7, 11) is 0. The van der Waals surface area contributed by atoms with Crippen molar-refractivity contribution in [1.82, 2.24) is 0 Å². The molecule has 0 saturated heterocycles. The molecule has 0 rings (SSSR count). The van der Waals surface area contributed by atoms with Gasteiger partial charge in [0.05, 0.1) is 0 Å². The minimum Gasteiger partial charge on any atom is -0.428 e. The number of nitriles is 2. The maximum Gasteiger partial charge on any atom is 0.286 e. The van der Waals surface area contributed by atoms with Crippen molar-refractivity contribution in [3.63, 3.8) is 0 Å². The standard InChI is InChI=1S/C10H16N2O2/c1-10(7-14-9-12)5-3-2-4-6-13-8-11/h10H,2-7H2,1H3. The van der Waals surface area contributed by atoms with Crippen LogP contribution in [-0.2, 0) is 9.47 Å². The summed E-state index contributed by atoms with van der Waals surface area (Å²) < 4.78 is 9.17. The number of ether oxygens (including phenoxy) is 2. The molecule has 0 aromatic rings. The fraction of sp³-hybridized carbons (Fsp3) is 0.800. The molecule has 0 aromatic carbocycles. The zero-order valence-corrected chi connectivity index (χ0v) is 8.53. The van der Waals surface area contributed by atoms with Crippen LogP contribution in [0.3, 0.4) is 0 Å². The summed E-state index contributed by atoms with van der Waals surface area (Å²) >= 11 is 0. The van der Waals surface area contributed by atoms with Crippen LogP contribution in [0, 0.1) is 29.0 Å². The molecule has 0 aromatic heterocycles. The molecule has 14 heavy (non-hydrogen) atoms. The largest absolute Gasteiger partial charge is 0.428 e. The number of hydrogen-bond donors (Lipinski definition) is 0. The lowest BCUT2D eigenvalue weighted by Crippen LogP contribution is -2.03. The van der Waals surface area contributed by atoms with Crippen LogP contribution in [0.2, 0.25) is 0 Å². The van der Waals surface area contributed by atoms with Gasteiger partial charge >= 0.3 is 0 Å². The Bertz CT molecular complexity index is 205. The van der Waals surface area contributed by atoms with E-state index in [0.717, 1.165) is 25.7 Å². The van der Waals surface area contributed by atoms with E-state index in [2.05, 4.69) is 16.4 Å². The summed E-state index contributed by atoms with van der Waals surface area (Å²) in [4.78, 5) is 0. The van der Waals surface area contributed by atoms with Gasteiger partial charge in [-0.1, -0.05) is 19.8 Å². The van der Waals surface area contributed by atoms with Gasteiger partial charge in [0.15, 0.2) is 0 Å². The monoisotopic (exact) mass is 196 g/mol. The van der Waals surface area contributed by atoms with Crippen LogP contribution in [0.4, 0.5) is 0 Å². The average Bonchev–Trinajstić information content (AvgIpc) is 2.20. The summed E-state index contributed by atoms with van der Waals surface area (Å²) in [6.45, 7) is 3.08. The van der Waals surface area contributed by atoms with Gasteiger partial charge in [-0.15, -0.1) is 0 Å². The molecule has 0 bridgehead atoms. The van der Waals surface area contributed by atoms with Crippen molar-refractivity contribution < 1.29 is 9.47 Å². The van der Waals surface area contributed by atoms with E-state index < -0.39 is 0 Å². The van der Waals surface area contributed by atoms with E-state index in [-0.39, 0.29) is 0 Å². The van der Waals surface area contributed by atoms with Gasteiger partial charge < -0.3 is 9.47 Å². The smallest absolute Gasteiger partial charge is 0.286 e. The predicted octanol–water partition coefficient (Wildman–Crippen LogP) is 2.18. The Morgan fingerprint density at radius 1 is 1.07 bits per heavy atom.